The second kappa shape index (κ2) is 7.40. The quantitative estimate of drug-likeness (QED) is 0.755. The summed E-state index contributed by atoms with van der Waals surface area (Å²) in [7, 11) is 0. The van der Waals surface area contributed by atoms with Crippen molar-refractivity contribution < 1.29 is 18.6 Å². The molecule has 0 radical (unpaired) electrons. The van der Waals surface area contributed by atoms with Crippen LogP contribution >= 0.6 is 0 Å². The molecule has 0 fully saturated rings. The Morgan fingerprint density at radius 2 is 1.64 bits per heavy atom. The summed E-state index contributed by atoms with van der Waals surface area (Å²) in [5.74, 6) is -0.401. The highest BCUT2D eigenvalue weighted by molar-refractivity contribution is 5.32. The molecule has 126 valence electrons. The maximum absolute atomic E-state index is 13.3. The average Bonchev–Trinajstić information content (AvgIpc) is 2.38. The molecule has 1 N–H and O–H groups in total. The van der Waals surface area contributed by atoms with Gasteiger partial charge in [0, 0.05) is 0 Å². The monoisotopic (exact) mass is 314 g/mol. The first-order valence-corrected chi connectivity index (χ1v) is 7.94. The van der Waals surface area contributed by atoms with Crippen LogP contribution in [0.4, 0.5) is 8.78 Å². The third-order valence-corrected chi connectivity index (χ3v) is 3.77. The van der Waals surface area contributed by atoms with E-state index in [1.807, 2.05) is 27.7 Å². The van der Waals surface area contributed by atoms with Gasteiger partial charge in [0.25, 0.3) is 0 Å². The molecule has 1 aromatic carbocycles. The Hall–Kier alpha value is -1.16. The molecular formula is C18H28F2O2. The van der Waals surface area contributed by atoms with Crippen LogP contribution in [0, 0.1) is 5.92 Å². The summed E-state index contributed by atoms with van der Waals surface area (Å²) in [6, 6.07) is 6.86. The van der Waals surface area contributed by atoms with E-state index in [9.17, 15) is 13.9 Å². The van der Waals surface area contributed by atoms with Crippen molar-refractivity contribution in [2.75, 3.05) is 0 Å². The molecule has 0 amide bonds. The molecule has 2 unspecified atom stereocenters. The molecule has 0 aromatic heterocycles. The molecule has 0 spiro atoms. The van der Waals surface area contributed by atoms with Gasteiger partial charge in [0.2, 0.25) is 6.43 Å². The summed E-state index contributed by atoms with van der Waals surface area (Å²) >= 11 is 0. The van der Waals surface area contributed by atoms with Gasteiger partial charge < -0.3 is 9.84 Å². The van der Waals surface area contributed by atoms with Crippen LogP contribution in [0.3, 0.4) is 0 Å². The number of halogens is 2. The van der Waals surface area contributed by atoms with E-state index < -0.39 is 17.9 Å². The van der Waals surface area contributed by atoms with Gasteiger partial charge in [-0.1, -0.05) is 32.4 Å². The molecule has 0 heterocycles. The summed E-state index contributed by atoms with van der Waals surface area (Å²) in [6.45, 7) is 9.41. The van der Waals surface area contributed by atoms with Gasteiger partial charge >= 0.3 is 0 Å². The minimum Gasteiger partial charge on any atom is -0.488 e. The fourth-order valence-electron chi connectivity index (χ4n) is 2.81. The number of ether oxygens (including phenoxy) is 1. The summed E-state index contributed by atoms with van der Waals surface area (Å²) in [5, 5.41) is 10.9. The zero-order valence-electron chi connectivity index (χ0n) is 14.2. The van der Waals surface area contributed by atoms with Gasteiger partial charge in [-0.2, -0.15) is 0 Å². The standard InChI is InChI=1S/C18H28F2O2/c1-6-12-18(21,15(7-2)16(19)20)13-8-10-14(11-9-13)22-17(3,4)5/h8-11,15-16,21H,6-7,12H2,1-5H3. The topological polar surface area (TPSA) is 29.5 Å². The molecule has 0 saturated heterocycles. The number of hydrogen-bond acceptors (Lipinski definition) is 2. The highest BCUT2D eigenvalue weighted by atomic mass is 19.3. The van der Waals surface area contributed by atoms with Crippen LogP contribution in [-0.2, 0) is 5.60 Å². The molecule has 1 rings (SSSR count). The van der Waals surface area contributed by atoms with Crippen molar-refractivity contribution >= 4 is 0 Å². The Morgan fingerprint density at radius 3 is 2.00 bits per heavy atom. The van der Waals surface area contributed by atoms with Crippen LogP contribution in [-0.4, -0.2) is 17.1 Å². The van der Waals surface area contributed by atoms with E-state index in [0.717, 1.165) is 0 Å². The van der Waals surface area contributed by atoms with E-state index in [-0.39, 0.29) is 12.0 Å². The normalized spacial score (nSPS) is 16.4. The van der Waals surface area contributed by atoms with Crippen LogP contribution in [0.1, 0.15) is 59.4 Å². The average molecular weight is 314 g/mol. The molecule has 4 heteroatoms. The van der Waals surface area contributed by atoms with Crippen molar-refractivity contribution in [1.82, 2.24) is 0 Å². The number of hydrogen-bond donors (Lipinski definition) is 1. The van der Waals surface area contributed by atoms with Crippen molar-refractivity contribution in [3.05, 3.63) is 29.8 Å². The molecule has 0 saturated carbocycles. The number of alkyl halides is 2. The second-order valence-electron chi connectivity index (χ2n) is 6.76. The zero-order valence-corrected chi connectivity index (χ0v) is 14.2. The zero-order chi connectivity index (χ0) is 17.0. The minimum absolute atomic E-state index is 0.231. The van der Waals surface area contributed by atoms with Gasteiger partial charge in [0.1, 0.15) is 11.4 Å². The minimum atomic E-state index is -2.55. The Morgan fingerprint density at radius 1 is 1.09 bits per heavy atom. The van der Waals surface area contributed by atoms with Crippen LogP contribution in [0.2, 0.25) is 0 Å². The van der Waals surface area contributed by atoms with Crippen molar-refractivity contribution in [1.29, 1.82) is 0 Å². The lowest BCUT2D eigenvalue weighted by atomic mass is 9.77. The van der Waals surface area contributed by atoms with Gasteiger partial charge in [0.05, 0.1) is 11.5 Å². The molecule has 0 aliphatic rings. The molecule has 0 aliphatic heterocycles. The predicted molar refractivity (Wildman–Crippen MR) is 85.4 cm³/mol. The fourth-order valence-corrected chi connectivity index (χ4v) is 2.81. The lowest BCUT2D eigenvalue weighted by molar-refractivity contribution is -0.0975. The van der Waals surface area contributed by atoms with Gasteiger partial charge in [-0.3, -0.25) is 0 Å². The van der Waals surface area contributed by atoms with Crippen molar-refractivity contribution in [2.45, 2.75) is 71.5 Å². The van der Waals surface area contributed by atoms with Crippen LogP contribution < -0.4 is 4.74 Å². The maximum atomic E-state index is 13.3. The maximum Gasteiger partial charge on any atom is 0.244 e. The number of rotatable bonds is 7. The molecule has 22 heavy (non-hydrogen) atoms. The van der Waals surface area contributed by atoms with E-state index in [1.54, 1.807) is 31.2 Å². The third kappa shape index (κ3) is 4.67. The number of benzene rings is 1. The van der Waals surface area contributed by atoms with Crippen LogP contribution in [0.25, 0.3) is 0 Å². The van der Waals surface area contributed by atoms with Crippen molar-refractivity contribution in [2.24, 2.45) is 5.92 Å². The SMILES string of the molecule is CCCC(O)(c1ccc(OC(C)(C)C)cc1)C(CC)C(F)F. The largest absolute Gasteiger partial charge is 0.488 e. The van der Waals surface area contributed by atoms with E-state index >= 15 is 0 Å². The highest BCUT2D eigenvalue weighted by Gasteiger charge is 2.41. The summed E-state index contributed by atoms with van der Waals surface area (Å²) in [4.78, 5) is 0. The molecule has 0 bridgehead atoms. The third-order valence-electron chi connectivity index (χ3n) is 3.77. The predicted octanol–water partition coefficient (Wildman–Crippen LogP) is 5.14. The molecule has 2 atom stereocenters. The van der Waals surface area contributed by atoms with E-state index in [1.165, 1.54) is 0 Å². The van der Waals surface area contributed by atoms with E-state index in [2.05, 4.69) is 0 Å². The highest BCUT2D eigenvalue weighted by Crippen LogP contribution is 2.40. The summed E-state index contributed by atoms with van der Waals surface area (Å²) in [5.41, 5.74) is -1.29. The second-order valence-corrected chi connectivity index (χ2v) is 6.76. The lowest BCUT2D eigenvalue weighted by Gasteiger charge is -2.36. The van der Waals surface area contributed by atoms with Gasteiger partial charge in [0.15, 0.2) is 0 Å². The first-order chi connectivity index (χ1) is 10.1. The van der Waals surface area contributed by atoms with E-state index in [4.69, 9.17) is 4.74 Å². The Bertz CT molecular complexity index is 451. The Labute approximate surface area is 132 Å². The fraction of sp³-hybridized carbons (Fsp3) is 0.667. The van der Waals surface area contributed by atoms with Gasteiger partial charge in [-0.15, -0.1) is 0 Å². The first-order valence-electron chi connectivity index (χ1n) is 7.94. The summed E-state index contributed by atoms with van der Waals surface area (Å²) in [6.07, 6.45) is -1.36. The van der Waals surface area contributed by atoms with E-state index in [0.29, 0.717) is 24.2 Å². The molecule has 1 aromatic rings. The Kier molecular flexibility index (Phi) is 6.36. The summed E-state index contributed by atoms with van der Waals surface area (Å²) < 4.78 is 32.4. The van der Waals surface area contributed by atoms with Gasteiger partial charge in [-0.05, 0) is 51.3 Å². The smallest absolute Gasteiger partial charge is 0.244 e. The first kappa shape index (κ1) is 18.9. The van der Waals surface area contributed by atoms with Gasteiger partial charge in [-0.25, -0.2) is 8.78 Å². The van der Waals surface area contributed by atoms with Crippen molar-refractivity contribution in [3.8, 4) is 5.75 Å². The molecule has 0 aliphatic carbocycles. The Balaban J connectivity index is 3.11. The van der Waals surface area contributed by atoms with Crippen LogP contribution in [0.15, 0.2) is 24.3 Å². The number of aliphatic hydroxyl groups is 1. The molecular weight excluding hydrogens is 286 g/mol. The molecule has 2 nitrogen and oxygen atoms in total. The van der Waals surface area contributed by atoms with Crippen LogP contribution in [0.5, 0.6) is 5.75 Å². The van der Waals surface area contributed by atoms with Crippen molar-refractivity contribution in [3.63, 3.8) is 0 Å². The lowest BCUT2D eigenvalue weighted by Crippen LogP contribution is -2.39.